The lowest BCUT2D eigenvalue weighted by molar-refractivity contribution is -0.115. The number of amides is 1. The Kier molecular flexibility index (Phi) is 4.98. The van der Waals surface area contributed by atoms with E-state index in [2.05, 4.69) is 19.2 Å². The van der Waals surface area contributed by atoms with Gasteiger partial charge in [0.15, 0.2) is 0 Å². The van der Waals surface area contributed by atoms with Gasteiger partial charge in [-0.05, 0) is 23.1 Å². The molecule has 2 aromatic rings. The number of rotatable bonds is 5. The van der Waals surface area contributed by atoms with Gasteiger partial charge in [-0.3, -0.25) is 4.79 Å². The number of anilines is 1. The molecule has 0 atom stereocenters. The lowest BCUT2D eigenvalue weighted by Crippen LogP contribution is -2.11. The average Bonchev–Trinajstić information content (AvgIpc) is 2.91. The third-order valence-electron chi connectivity index (χ3n) is 3.38. The second kappa shape index (κ2) is 6.75. The van der Waals surface area contributed by atoms with Gasteiger partial charge in [-0.15, -0.1) is 11.3 Å². The van der Waals surface area contributed by atoms with Gasteiger partial charge in [-0.1, -0.05) is 45.0 Å². The average molecular weight is 317 g/mol. The van der Waals surface area contributed by atoms with E-state index in [1.807, 2.05) is 24.3 Å². The molecule has 0 radical (unpaired) electrons. The van der Waals surface area contributed by atoms with Crippen molar-refractivity contribution < 1.29 is 14.7 Å². The van der Waals surface area contributed by atoms with E-state index in [1.165, 1.54) is 16.9 Å². The van der Waals surface area contributed by atoms with Crippen LogP contribution in [0.4, 0.5) is 5.69 Å². The third-order valence-corrected chi connectivity index (χ3v) is 4.56. The van der Waals surface area contributed by atoms with Crippen LogP contribution in [0.25, 0.3) is 10.4 Å². The molecule has 1 amide bonds. The Hall–Kier alpha value is -2.14. The number of hydrogen-bond donors (Lipinski definition) is 2. The van der Waals surface area contributed by atoms with Crippen LogP contribution in [0.2, 0.25) is 0 Å². The highest BCUT2D eigenvalue weighted by Crippen LogP contribution is 2.35. The molecule has 0 aliphatic rings. The van der Waals surface area contributed by atoms with Crippen LogP contribution in [0, 0.1) is 0 Å². The molecule has 0 aliphatic heterocycles. The summed E-state index contributed by atoms with van der Waals surface area (Å²) in [7, 11) is 0. The number of carboxylic acid groups (broad SMARTS) is 1. The van der Waals surface area contributed by atoms with Gasteiger partial charge in [0.05, 0.1) is 5.69 Å². The van der Waals surface area contributed by atoms with E-state index in [0.717, 1.165) is 10.4 Å². The van der Waals surface area contributed by atoms with Crippen molar-refractivity contribution in [3.63, 3.8) is 0 Å². The maximum Gasteiger partial charge on any atom is 0.348 e. The van der Waals surface area contributed by atoms with E-state index in [0.29, 0.717) is 18.0 Å². The van der Waals surface area contributed by atoms with Crippen LogP contribution in [0.5, 0.6) is 0 Å². The van der Waals surface area contributed by atoms with Gasteiger partial charge in [0.25, 0.3) is 0 Å². The highest BCUT2D eigenvalue weighted by Gasteiger charge is 2.17. The topological polar surface area (TPSA) is 66.4 Å². The van der Waals surface area contributed by atoms with Gasteiger partial charge in [-0.2, -0.15) is 0 Å². The number of hydrogen-bond acceptors (Lipinski definition) is 3. The molecule has 0 spiro atoms. The zero-order chi connectivity index (χ0) is 16.3. The Bertz CT molecular complexity index is 686. The number of carbonyl (C=O) groups is 2. The summed E-state index contributed by atoms with van der Waals surface area (Å²) in [5.74, 6) is -0.769. The van der Waals surface area contributed by atoms with E-state index >= 15 is 0 Å². The number of carbonyl (C=O) groups excluding carboxylic acids is 1. The van der Waals surface area contributed by atoms with Crippen LogP contribution >= 0.6 is 11.3 Å². The molecule has 116 valence electrons. The van der Waals surface area contributed by atoms with Crippen LogP contribution in [-0.4, -0.2) is 17.0 Å². The predicted molar refractivity (Wildman–Crippen MR) is 89.7 cm³/mol. The molecule has 5 heteroatoms. The minimum absolute atomic E-state index is 0.157. The molecule has 1 aromatic carbocycles. The molecule has 0 unspecified atom stereocenters. The van der Waals surface area contributed by atoms with Crippen LogP contribution in [0.1, 0.15) is 48.3 Å². The molecule has 0 aliphatic carbocycles. The second-order valence-electron chi connectivity index (χ2n) is 5.34. The van der Waals surface area contributed by atoms with Crippen molar-refractivity contribution >= 4 is 28.9 Å². The first kappa shape index (κ1) is 16.2. The molecule has 22 heavy (non-hydrogen) atoms. The van der Waals surface area contributed by atoms with Crippen molar-refractivity contribution in [3.8, 4) is 10.4 Å². The van der Waals surface area contributed by atoms with Gasteiger partial charge in [0, 0.05) is 11.3 Å². The van der Waals surface area contributed by atoms with E-state index in [-0.39, 0.29) is 10.8 Å². The zero-order valence-electron chi connectivity index (χ0n) is 12.8. The van der Waals surface area contributed by atoms with Gasteiger partial charge in [0.1, 0.15) is 4.88 Å². The van der Waals surface area contributed by atoms with Crippen LogP contribution in [-0.2, 0) is 4.79 Å². The summed E-state index contributed by atoms with van der Waals surface area (Å²) in [5, 5.41) is 11.9. The first-order valence-electron chi connectivity index (χ1n) is 7.19. The largest absolute Gasteiger partial charge is 0.477 e. The summed E-state index contributed by atoms with van der Waals surface area (Å²) in [5.41, 5.74) is 2.56. The van der Waals surface area contributed by atoms with Crippen molar-refractivity contribution in [1.29, 1.82) is 0 Å². The minimum Gasteiger partial charge on any atom is -0.477 e. The second-order valence-corrected chi connectivity index (χ2v) is 6.39. The Morgan fingerprint density at radius 3 is 2.36 bits per heavy atom. The summed E-state index contributed by atoms with van der Waals surface area (Å²) in [4.78, 5) is 23.9. The first-order chi connectivity index (χ1) is 10.4. The SMILES string of the molecule is CCC(=O)Nc1cc(-c2ccc(C(C)C)cc2)sc1C(=O)O. The van der Waals surface area contributed by atoms with Gasteiger partial charge < -0.3 is 10.4 Å². The van der Waals surface area contributed by atoms with Gasteiger partial charge >= 0.3 is 5.97 Å². The molecule has 0 saturated carbocycles. The molecule has 4 nitrogen and oxygen atoms in total. The number of thiophene rings is 1. The predicted octanol–water partition coefficient (Wildman–Crippen LogP) is 4.59. The van der Waals surface area contributed by atoms with Crippen LogP contribution < -0.4 is 5.32 Å². The van der Waals surface area contributed by atoms with Gasteiger partial charge in [0.2, 0.25) is 5.91 Å². The molecule has 2 N–H and O–H groups in total. The molecule has 0 saturated heterocycles. The number of nitrogens with one attached hydrogen (secondary N) is 1. The molecule has 1 heterocycles. The van der Waals surface area contributed by atoms with Crippen molar-refractivity contribution in [3.05, 3.63) is 40.8 Å². The highest BCUT2D eigenvalue weighted by atomic mass is 32.1. The quantitative estimate of drug-likeness (QED) is 0.848. The Labute approximate surface area is 133 Å². The van der Waals surface area contributed by atoms with E-state index < -0.39 is 5.97 Å². The lowest BCUT2D eigenvalue weighted by Gasteiger charge is -2.05. The monoisotopic (exact) mass is 317 g/mol. The first-order valence-corrected chi connectivity index (χ1v) is 8.01. The van der Waals surface area contributed by atoms with Crippen molar-refractivity contribution in [1.82, 2.24) is 0 Å². The zero-order valence-corrected chi connectivity index (χ0v) is 13.7. The molecule has 1 aromatic heterocycles. The fourth-order valence-electron chi connectivity index (χ4n) is 2.06. The fourth-order valence-corrected chi connectivity index (χ4v) is 3.01. The van der Waals surface area contributed by atoms with E-state index in [1.54, 1.807) is 13.0 Å². The summed E-state index contributed by atoms with van der Waals surface area (Å²) >= 11 is 1.17. The van der Waals surface area contributed by atoms with Crippen molar-refractivity contribution in [2.24, 2.45) is 0 Å². The Morgan fingerprint density at radius 2 is 1.86 bits per heavy atom. The Balaban J connectivity index is 2.37. The molecule has 2 rings (SSSR count). The highest BCUT2D eigenvalue weighted by molar-refractivity contribution is 7.18. The summed E-state index contributed by atoms with van der Waals surface area (Å²) in [6, 6.07) is 9.79. The number of benzene rings is 1. The fraction of sp³-hybridized carbons (Fsp3) is 0.294. The van der Waals surface area contributed by atoms with Gasteiger partial charge in [-0.25, -0.2) is 4.79 Å². The maximum atomic E-state index is 11.5. The molecule has 0 fully saturated rings. The normalized spacial score (nSPS) is 10.7. The molecular weight excluding hydrogens is 298 g/mol. The summed E-state index contributed by atoms with van der Waals surface area (Å²) < 4.78 is 0. The third kappa shape index (κ3) is 3.54. The number of aromatic carboxylic acids is 1. The van der Waals surface area contributed by atoms with E-state index in [4.69, 9.17) is 0 Å². The van der Waals surface area contributed by atoms with Crippen molar-refractivity contribution in [2.45, 2.75) is 33.1 Å². The number of carboxylic acids is 1. The van der Waals surface area contributed by atoms with Crippen molar-refractivity contribution in [2.75, 3.05) is 5.32 Å². The molecular formula is C17H19NO3S. The standard InChI is InChI=1S/C17H19NO3S/c1-4-15(19)18-13-9-14(22-16(13)17(20)21)12-7-5-11(6-8-12)10(2)3/h5-10H,4H2,1-3H3,(H,18,19)(H,20,21). The Morgan fingerprint density at radius 1 is 1.23 bits per heavy atom. The smallest absolute Gasteiger partial charge is 0.348 e. The lowest BCUT2D eigenvalue weighted by atomic mass is 10.0. The molecule has 0 bridgehead atoms. The maximum absolute atomic E-state index is 11.5. The minimum atomic E-state index is -1.03. The van der Waals surface area contributed by atoms with E-state index in [9.17, 15) is 14.7 Å². The summed E-state index contributed by atoms with van der Waals surface area (Å²) in [6.07, 6.45) is 0.313. The van der Waals surface area contributed by atoms with Crippen LogP contribution in [0.15, 0.2) is 30.3 Å². The van der Waals surface area contributed by atoms with Crippen LogP contribution in [0.3, 0.4) is 0 Å². The summed E-state index contributed by atoms with van der Waals surface area (Å²) in [6.45, 7) is 5.98.